The van der Waals surface area contributed by atoms with Gasteiger partial charge in [-0.2, -0.15) is 0 Å². The van der Waals surface area contributed by atoms with Gasteiger partial charge in [0.2, 0.25) is 0 Å². The van der Waals surface area contributed by atoms with Gasteiger partial charge in [0.15, 0.2) is 0 Å². The van der Waals surface area contributed by atoms with Crippen molar-refractivity contribution in [3.8, 4) is 0 Å². The molecule has 0 saturated carbocycles. The van der Waals surface area contributed by atoms with Crippen LogP contribution in [-0.4, -0.2) is 21.9 Å². The van der Waals surface area contributed by atoms with Gasteiger partial charge in [0.1, 0.15) is 0 Å². The molecule has 0 aliphatic carbocycles. The van der Waals surface area contributed by atoms with Crippen molar-refractivity contribution < 1.29 is 0 Å². The Morgan fingerprint density at radius 3 is 2.00 bits per heavy atom. The van der Waals surface area contributed by atoms with Crippen LogP contribution >= 0.6 is 11.6 Å². The molecule has 0 aromatic heterocycles. The lowest BCUT2D eigenvalue weighted by atomic mass is 10.7. The Morgan fingerprint density at radius 2 is 2.00 bits per heavy atom. The van der Waals surface area contributed by atoms with Crippen LogP contribution < -0.4 is 5.32 Å². The van der Waals surface area contributed by atoms with Gasteiger partial charge in [0, 0.05) is 10.2 Å². The molecule has 1 unspecified atom stereocenters. The Kier molecular flexibility index (Phi) is 2.11. The second-order valence-electron chi connectivity index (χ2n) is 1.72. The minimum absolute atomic E-state index is 0.0972. The van der Waals surface area contributed by atoms with Crippen LogP contribution in [0.2, 0.25) is 0 Å². The molecule has 0 aromatic rings. The Labute approximate surface area is 46.5 Å². The van der Waals surface area contributed by atoms with E-state index in [-0.39, 0.29) is 4.62 Å². The first-order valence-electron chi connectivity index (χ1n) is 1.94. The normalized spacial score (nSPS) is 20.5. The first-order chi connectivity index (χ1) is 2.56. The Balaban J connectivity index is 3.17. The molecule has 1 nitrogen and oxygen atoms in total. The Bertz CT molecular complexity index is 40.5. The minimum atomic E-state index is -0.0972. The third-order valence-electron chi connectivity index (χ3n) is 0.594. The summed E-state index contributed by atoms with van der Waals surface area (Å²) in [5.74, 6) is 0. The van der Waals surface area contributed by atoms with Crippen LogP contribution in [-0.2, 0) is 0 Å². The fraction of sp³-hybridized carbons (Fsp3) is 1.00. The molecule has 0 spiro atoms. The highest BCUT2D eigenvalue weighted by Gasteiger charge is 2.05. The first kappa shape index (κ1) is 6.47. The zero-order chi connectivity index (χ0) is 5.21. The van der Waals surface area contributed by atoms with Crippen molar-refractivity contribution in [1.82, 2.24) is 5.32 Å². The number of hydrogen-bond acceptors (Lipinski definition) is 1. The molecule has 0 bridgehead atoms. The summed E-state index contributed by atoms with van der Waals surface area (Å²) < 4.78 is -0.0972. The molecule has 0 amide bonds. The van der Waals surface area contributed by atoms with E-state index in [0.717, 1.165) is 10.2 Å². The maximum atomic E-state index is 5.67. The van der Waals surface area contributed by atoms with Crippen molar-refractivity contribution in [2.75, 3.05) is 7.05 Å². The van der Waals surface area contributed by atoms with E-state index in [1.807, 2.05) is 14.0 Å². The largest absolute Gasteiger partial charge is 0.306 e. The first-order valence-corrected chi connectivity index (χ1v) is 3.32. The van der Waals surface area contributed by atoms with Crippen molar-refractivity contribution in [3.05, 3.63) is 0 Å². The average Bonchev–Trinajstić information content (AvgIpc) is 1.35. The Morgan fingerprint density at radius 1 is 1.83 bits per heavy atom. The lowest BCUT2D eigenvalue weighted by molar-refractivity contribution is 0.727. The molecule has 0 aliphatic heterocycles. The maximum absolute atomic E-state index is 5.67. The van der Waals surface area contributed by atoms with Crippen LogP contribution in [0.1, 0.15) is 6.92 Å². The Hall–Kier alpha value is 0.467. The van der Waals surface area contributed by atoms with Gasteiger partial charge in [0.25, 0.3) is 0 Å². The van der Waals surface area contributed by atoms with E-state index < -0.39 is 0 Å². The summed E-state index contributed by atoms with van der Waals surface area (Å²) in [7, 11) is 2.84. The fourth-order valence-electron chi connectivity index (χ4n) is 0. The monoisotopic (exact) mass is 123 g/mol. The minimum Gasteiger partial charge on any atom is -0.306 e. The quantitative estimate of drug-likeness (QED) is 0.281. The van der Waals surface area contributed by atoms with Gasteiger partial charge in [-0.3, -0.25) is 0 Å². The molecule has 0 rings (SSSR count). The lowest BCUT2D eigenvalue weighted by Gasteiger charge is -2.12. The molecular weight excluding hydrogens is 114 g/mol. The SMILES string of the molecule is CNC(C)([SiH3])Cl. The molecule has 0 aromatic carbocycles. The molecule has 38 valence electrons. The number of alkyl halides is 1. The van der Waals surface area contributed by atoms with E-state index in [0.29, 0.717) is 0 Å². The number of halogens is 1. The van der Waals surface area contributed by atoms with E-state index in [4.69, 9.17) is 11.6 Å². The van der Waals surface area contributed by atoms with E-state index in [9.17, 15) is 0 Å². The summed E-state index contributed by atoms with van der Waals surface area (Å²) in [6.45, 7) is 1.96. The molecule has 0 radical (unpaired) electrons. The van der Waals surface area contributed by atoms with Gasteiger partial charge >= 0.3 is 0 Å². The van der Waals surface area contributed by atoms with Gasteiger partial charge in [-0.05, 0) is 14.0 Å². The van der Waals surface area contributed by atoms with Crippen LogP contribution in [0, 0.1) is 0 Å². The summed E-state index contributed by atoms with van der Waals surface area (Å²) in [6.07, 6.45) is 0. The summed E-state index contributed by atoms with van der Waals surface area (Å²) in [5.41, 5.74) is 0. The zero-order valence-corrected chi connectivity index (χ0v) is 7.13. The van der Waals surface area contributed by atoms with Crippen LogP contribution in [0.4, 0.5) is 0 Å². The number of nitrogens with one attached hydrogen (secondary N) is 1. The van der Waals surface area contributed by atoms with Crippen molar-refractivity contribution in [1.29, 1.82) is 0 Å². The predicted octanol–water partition coefficient (Wildman–Crippen LogP) is -0.516. The van der Waals surface area contributed by atoms with Crippen molar-refractivity contribution in [2.24, 2.45) is 0 Å². The number of rotatable bonds is 1. The van der Waals surface area contributed by atoms with E-state index in [1.54, 1.807) is 0 Å². The van der Waals surface area contributed by atoms with Crippen LogP contribution in [0.3, 0.4) is 0 Å². The summed E-state index contributed by atoms with van der Waals surface area (Å²) in [6, 6.07) is 0. The van der Waals surface area contributed by atoms with E-state index >= 15 is 0 Å². The topological polar surface area (TPSA) is 12.0 Å². The van der Waals surface area contributed by atoms with Gasteiger partial charge in [-0.15, -0.1) is 11.6 Å². The fourth-order valence-corrected chi connectivity index (χ4v) is 0. The van der Waals surface area contributed by atoms with Crippen LogP contribution in [0.5, 0.6) is 0 Å². The molecule has 0 aliphatic rings. The van der Waals surface area contributed by atoms with Crippen LogP contribution in [0.15, 0.2) is 0 Å². The van der Waals surface area contributed by atoms with Gasteiger partial charge in [-0.1, -0.05) is 0 Å². The summed E-state index contributed by atoms with van der Waals surface area (Å²) in [4.78, 5) is 0. The average molecular weight is 124 g/mol. The predicted molar refractivity (Wildman–Crippen MR) is 33.3 cm³/mol. The van der Waals surface area contributed by atoms with Crippen LogP contribution in [0.25, 0.3) is 0 Å². The van der Waals surface area contributed by atoms with Crippen molar-refractivity contribution in [2.45, 2.75) is 11.5 Å². The number of hydrogen-bond donors (Lipinski definition) is 1. The molecule has 3 heteroatoms. The smallest absolute Gasteiger partial charge is 0.0694 e. The van der Waals surface area contributed by atoms with E-state index in [1.165, 1.54) is 0 Å². The van der Waals surface area contributed by atoms with Gasteiger partial charge in [0.05, 0.1) is 4.62 Å². The molecule has 1 atom stereocenters. The summed E-state index contributed by atoms with van der Waals surface area (Å²) in [5, 5.41) is 2.93. The van der Waals surface area contributed by atoms with Gasteiger partial charge < -0.3 is 5.32 Å². The third-order valence-corrected chi connectivity index (χ3v) is 1.28. The highest BCUT2D eigenvalue weighted by atomic mass is 35.5. The highest BCUT2D eigenvalue weighted by Crippen LogP contribution is 1.98. The third kappa shape index (κ3) is 4.47. The van der Waals surface area contributed by atoms with Crippen molar-refractivity contribution in [3.63, 3.8) is 0 Å². The molecule has 0 fully saturated rings. The van der Waals surface area contributed by atoms with Crippen molar-refractivity contribution >= 4 is 21.8 Å². The zero-order valence-electron chi connectivity index (χ0n) is 4.38. The second-order valence-corrected chi connectivity index (χ2v) is 5.30. The molecule has 0 heterocycles. The molecular formula is C3H10ClNSi. The highest BCUT2D eigenvalue weighted by molar-refractivity contribution is 6.43. The van der Waals surface area contributed by atoms with Gasteiger partial charge in [-0.25, -0.2) is 0 Å². The molecule has 0 saturated heterocycles. The van der Waals surface area contributed by atoms with E-state index in [2.05, 4.69) is 5.32 Å². The molecule has 6 heavy (non-hydrogen) atoms. The summed E-state index contributed by atoms with van der Waals surface area (Å²) >= 11 is 5.67. The maximum Gasteiger partial charge on any atom is 0.0694 e. The standard InChI is InChI=1S/C3H10ClNSi/c1-3(4,6)5-2/h5H,1-2,6H3. The lowest BCUT2D eigenvalue weighted by Crippen LogP contribution is -2.33. The molecule has 1 N–H and O–H groups in total. The second kappa shape index (κ2) is 1.96.